The first kappa shape index (κ1) is 9.22. The van der Waals surface area contributed by atoms with Crippen LogP contribution in [-0.4, -0.2) is 5.78 Å². The molecule has 0 spiro atoms. The smallest absolute Gasteiger partial charge is 0.159 e. The van der Waals surface area contributed by atoms with Crippen molar-refractivity contribution in [2.75, 3.05) is 0 Å². The molecule has 1 nitrogen and oxygen atoms in total. The molecular formula is C12H9ClO. The van der Waals surface area contributed by atoms with Crippen molar-refractivity contribution < 1.29 is 4.79 Å². The summed E-state index contributed by atoms with van der Waals surface area (Å²) in [6.07, 6.45) is 0. The quantitative estimate of drug-likeness (QED) is 0.648. The van der Waals surface area contributed by atoms with Crippen LogP contribution in [0.3, 0.4) is 0 Å². The Morgan fingerprint density at radius 2 is 1.93 bits per heavy atom. The van der Waals surface area contributed by atoms with E-state index < -0.39 is 0 Å². The number of Topliss-reactive ketones (excluding diaryl/α,β-unsaturated/α-hetero) is 1. The fraction of sp³-hybridized carbons (Fsp3) is 0.0833. The van der Waals surface area contributed by atoms with Crippen molar-refractivity contribution in [3.05, 3.63) is 47.0 Å². The fourth-order valence-electron chi connectivity index (χ4n) is 1.47. The summed E-state index contributed by atoms with van der Waals surface area (Å²) >= 11 is 6.05. The predicted octanol–water partition coefficient (Wildman–Crippen LogP) is 3.70. The molecule has 0 saturated carbocycles. The number of hydrogen-bond acceptors (Lipinski definition) is 1. The van der Waals surface area contributed by atoms with Crippen molar-refractivity contribution in [1.82, 2.24) is 0 Å². The number of carbonyl (C=O) groups excluding carboxylic acids is 1. The van der Waals surface area contributed by atoms with Crippen LogP contribution in [0.25, 0.3) is 10.8 Å². The van der Waals surface area contributed by atoms with Gasteiger partial charge in [0.1, 0.15) is 0 Å². The summed E-state index contributed by atoms with van der Waals surface area (Å²) in [4.78, 5) is 11.2. The first-order chi connectivity index (χ1) is 6.68. The minimum absolute atomic E-state index is 0.0395. The monoisotopic (exact) mass is 204 g/mol. The van der Waals surface area contributed by atoms with E-state index in [1.807, 2.05) is 30.3 Å². The number of fused-ring (bicyclic) bond motifs is 1. The van der Waals surface area contributed by atoms with E-state index in [1.165, 1.54) is 0 Å². The maximum atomic E-state index is 11.2. The van der Waals surface area contributed by atoms with Crippen molar-refractivity contribution in [2.24, 2.45) is 0 Å². The van der Waals surface area contributed by atoms with Crippen LogP contribution in [0.5, 0.6) is 0 Å². The van der Waals surface area contributed by atoms with Crippen LogP contribution in [0.2, 0.25) is 5.02 Å². The average molecular weight is 205 g/mol. The lowest BCUT2D eigenvalue weighted by molar-refractivity contribution is 0.101. The maximum absolute atomic E-state index is 11.2. The molecule has 2 heteroatoms. The minimum atomic E-state index is 0.0395. The van der Waals surface area contributed by atoms with Gasteiger partial charge in [0.25, 0.3) is 0 Å². The van der Waals surface area contributed by atoms with E-state index >= 15 is 0 Å². The Kier molecular flexibility index (Phi) is 2.26. The van der Waals surface area contributed by atoms with Crippen molar-refractivity contribution in [3.8, 4) is 0 Å². The van der Waals surface area contributed by atoms with Gasteiger partial charge in [-0.15, -0.1) is 0 Å². The second-order valence-electron chi connectivity index (χ2n) is 3.24. The van der Waals surface area contributed by atoms with Gasteiger partial charge in [0.05, 0.1) is 0 Å². The van der Waals surface area contributed by atoms with Crippen LogP contribution in [0.4, 0.5) is 0 Å². The second-order valence-corrected chi connectivity index (χ2v) is 3.64. The molecule has 0 fully saturated rings. The molecule has 14 heavy (non-hydrogen) atoms. The lowest BCUT2D eigenvalue weighted by atomic mass is 10.1. The normalized spacial score (nSPS) is 10.4. The highest BCUT2D eigenvalue weighted by Crippen LogP contribution is 2.25. The Morgan fingerprint density at radius 3 is 2.64 bits per heavy atom. The largest absolute Gasteiger partial charge is 0.295 e. The molecule has 0 atom stereocenters. The Balaban J connectivity index is 2.78. The summed E-state index contributed by atoms with van der Waals surface area (Å²) in [5.41, 5.74) is 0.661. The lowest BCUT2D eigenvalue weighted by Gasteiger charge is -2.02. The van der Waals surface area contributed by atoms with Crippen molar-refractivity contribution in [2.45, 2.75) is 6.92 Å². The number of carbonyl (C=O) groups is 1. The van der Waals surface area contributed by atoms with Crippen LogP contribution < -0.4 is 0 Å². The molecular weight excluding hydrogens is 196 g/mol. The predicted molar refractivity (Wildman–Crippen MR) is 59.0 cm³/mol. The summed E-state index contributed by atoms with van der Waals surface area (Å²) in [7, 11) is 0. The summed E-state index contributed by atoms with van der Waals surface area (Å²) < 4.78 is 0. The van der Waals surface area contributed by atoms with Crippen LogP contribution in [0.1, 0.15) is 17.3 Å². The van der Waals surface area contributed by atoms with Crippen LogP contribution >= 0.6 is 11.6 Å². The molecule has 0 saturated heterocycles. The van der Waals surface area contributed by atoms with Crippen molar-refractivity contribution in [1.29, 1.82) is 0 Å². The second kappa shape index (κ2) is 3.43. The van der Waals surface area contributed by atoms with Gasteiger partial charge < -0.3 is 0 Å². The molecule has 2 aromatic rings. The molecule has 0 aliphatic heterocycles. The molecule has 0 amide bonds. The van der Waals surface area contributed by atoms with Gasteiger partial charge in [-0.3, -0.25) is 4.79 Å². The standard InChI is InChI=1S/C12H9ClO/c1-8(14)10-6-9-4-2-3-5-11(9)12(13)7-10/h2-7H,1H3. The third-order valence-corrected chi connectivity index (χ3v) is 2.53. The first-order valence-electron chi connectivity index (χ1n) is 4.38. The number of hydrogen-bond donors (Lipinski definition) is 0. The topological polar surface area (TPSA) is 17.1 Å². The van der Waals surface area contributed by atoms with E-state index in [2.05, 4.69) is 0 Å². The van der Waals surface area contributed by atoms with E-state index in [0.717, 1.165) is 10.8 Å². The number of halogens is 1. The lowest BCUT2D eigenvalue weighted by Crippen LogP contribution is -1.91. The highest BCUT2D eigenvalue weighted by atomic mass is 35.5. The third kappa shape index (κ3) is 1.51. The molecule has 0 unspecified atom stereocenters. The SMILES string of the molecule is CC(=O)c1cc(Cl)c2ccccc2c1. The van der Waals surface area contributed by atoms with Crippen molar-refractivity contribution >= 4 is 28.2 Å². The van der Waals surface area contributed by atoms with Crippen LogP contribution in [0, 0.1) is 0 Å². The maximum Gasteiger partial charge on any atom is 0.159 e. The molecule has 0 radical (unpaired) electrons. The molecule has 2 rings (SSSR count). The van der Waals surface area contributed by atoms with E-state index in [-0.39, 0.29) is 5.78 Å². The zero-order valence-corrected chi connectivity index (χ0v) is 8.51. The van der Waals surface area contributed by atoms with Crippen LogP contribution in [0.15, 0.2) is 36.4 Å². The van der Waals surface area contributed by atoms with Gasteiger partial charge in [0.2, 0.25) is 0 Å². The van der Waals surface area contributed by atoms with E-state index in [4.69, 9.17) is 11.6 Å². The average Bonchev–Trinajstić information content (AvgIpc) is 2.17. The number of benzene rings is 2. The molecule has 0 N–H and O–H groups in total. The molecule has 0 aromatic heterocycles. The van der Waals surface area contributed by atoms with Gasteiger partial charge in [0.15, 0.2) is 5.78 Å². The Hall–Kier alpha value is -1.34. The fourth-order valence-corrected chi connectivity index (χ4v) is 1.76. The molecule has 0 aliphatic rings. The van der Waals surface area contributed by atoms with E-state index in [0.29, 0.717) is 10.6 Å². The van der Waals surface area contributed by atoms with Crippen molar-refractivity contribution in [3.63, 3.8) is 0 Å². The minimum Gasteiger partial charge on any atom is -0.295 e. The van der Waals surface area contributed by atoms with Crippen LogP contribution in [-0.2, 0) is 0 Å². The van der Waals surface area contributed by atoms with E-state index in [9.17, 15) is 4.79 Å². The summed E-state index contributed by atoms with van der Waals surface area (Å²) in [6, 6.07) is 11.3. The van der Waals surface area contributed by atoms with E-state index in [1.54, 1.807) is 13.0 Å². The summed E-state index contributed by atoms with van der Waals surface area (Å²) in [6.45, 7) is 1.54. The molecule has 0 aliphatic carbocycles. The van der Waals surface area contributed by atoms with Gasteiger partial charge in [-0.1, -0.05) is 35.9 Å². The summed E-state index contributed by atoms with van der Waals surface area (Å²) in [5, 5.41) is 2.62. The number of rotatable bonds is 1. The van der Waals surface area contributed by atoms with Gasteiger partial charge in [-0.25, -0.2) is 0 Å². The number of ketones is 1. The highest BCUT2D eigenvalue weighted by Gasteiger charge is 2.04. The van der Waals surface area contributed by atoms with Gasteiger partial charge in [-0.2, -0.15) is 0 Å². The molecule has 70 valence electrons. The highest BCUT2D eigenvalue weighted by molar-refractivity contribution is 6.36. The Morgan fingerprint density at radius 1 is 1.21 bits per heavy atom. The van der Waals surface area contributed by atoms with Gasteiger partial charge in [0, 0.05) is 16.0 Å². The Labute approximate surface area is 87.3 Å². The van der Waals surface area contributed by atoms with Gasteiger partial charge >= 0.3 is 0 Å². The third-order valence-electron chi connectivity index (χ3n) is 2.22. The summed E-state index contributed by atoms with van der Waals surface area (Å²) in [5.74, 6) is 0.0395. The Bertz CT molecular complexity index is 503. The first-order valence-corrected chi connectivity index (χ1v) is 4.75. The zero-order valence-electron chi connectivity index (χ0n) is 7.75. The van der Waals surface area contributed by atoms with Gasteiger partial charge in [-0.05, 0) is 24.4 Å². The zero-order chi connectivity index (χ0) is 10.1. The molecule has 0 bridgehead atoms. The molecule has 0 heterocycles. The molecule has 2 aromatic carbocycles.